The first-order chi connectivity index (χ1) is 6.77. The van der Waals surface area contributed by atoms with Crippen molar-refractivity contribution in [1.29, 1.82) is 0 Å². The lowest BCUT2D eigenvalue weighted by molar-refractivity contribution is 0.285. The van der Waals surface area contributed by atoms with Crippen molar-refractivity contribution in [2.45, 2.75) is 32.2 Å². The summed E-state index contributed by atoms with van der Waals surface area (Å²) in [5.74, 6) is 0.857. The molecule has 0 radical (unpaired) electrons. The molecule has 1 aromatic heterocycles. The highest BCUT2D eigenvalue weighted by atomic mass is 79.9. The van der Waals surface area contributed by atoms with E-state index in [1.165, 1.54) is 19.3 Å². The van der Waals surface area contributed by atoms with Crippen molar-refractivity contribution in [3.63, 3.8) is 0 Å². The summed E-state index contributed by atoms with van der Waals surface area (Å²) in [6, 6.07) is 2.58. The topological polar surface area (TPSA) is 24.9 Å². The molecule has 1 aliphatic rings. The van der Waals surface area contributed by atoms with Crippen molar-refractivity contribution in [2.24, 2.45) is 5.92 Å². The van der Waals surface area contributed by atoms with Crippen LogP contribution in [0, 0.1) is 5.92 Å². The fraction of sp³-hybridized carbons (Fsp3) is 0.545. The van der Waals surface area contributed by atoms with Gasteiger partial charge in [-0.3, -0.25) is 4.98 Å². The fourth-order valence-corrected chi connectivity index (χ4v) is 2.16. The molecule has 0 aromatic carbocycles. The van der Waals surface area contributed by atoms with Crippen molar-refractivity contribution in [1.82, 2.24) is 4.98 Å². The zero-order chi connectivity index (χ0) is 9.97. The lowest BCUT2D eigenvalue weighted by Crippen LogP contribution is -2.30. The molecule has 14 heavy (non-hydrogen) atoms. The van der Waals surface area contributed by atoms with Gasteiger partial charge in [0.15, 0.2) is 0 Å². The Labute approximate surface area is 93.3 Å². The minimum absolute atomic E-state index is 0.572. The number of hydrogen-bond acceptors (Lipinski definition) is 2. The van der Waals surface area contributed by atoms with Gasteiger partial charge in [0.2, 0.25) is 0 Å². The van der Waals surface area contributed by atoms with Crippen LogP contribution in [0.5, 0.6) is 0 Å². The smallest absolute Gasteiger partial charge is 0.0590 e. The van der Waals surface area contributed by atoms with Gasteiger partial charge in [0.05, 0.1) is 10.2 Å². The van der Waals surface area contributed by atoms with Crippen LogP contribution in [0.25, 0.3) is 0 Å². The van der Waals surface area contributed by atoms with Crippen molar-refractivity contribution < 1.29 is 0 Å². The van der Waals surface area contributed by atoms with E-state index >= 15 is 0 Å². The van der Waals surface area contributed by atoms with E-state index in [9.17, 15) is 0 Å². The standard InChI is InChI=1S/C11H15BrN2/c1-8(9-3-2-4-9)14-11-5-6-13-7-10(11)12/h5-9H,2-4H2,1H3,(H,13,14). The molecule has 1 fully saturated rings. The van der Waals surface area contributed by atoms with Crippen LogP contribution < -0.4 is 5.32 Å². The van der Waals surface area contributed by atoms with Gasteiger partial charge in [0, 0.05) is 18.4 Å². The summed E-state index contributed by atoms with van der Waals surface area (Å²) in [5.41, 5.74) is 1.15. The Morgan fingerprint density at radius 1 is 1.57 bits per heavy atom. The summed E-state index contributed by atoms with van der Waals surface area (Å²) >= 11 is 3.49. The highest BCUT2D eigenvalue weighted by Gasteiger charge is 2.23. The van der Waals surface area contributed by atoms with E-state index in [-0.39, 0.29) is 0 Å². The maximum atomic E-state index is 4.04. The molecule has 0 bridgehead atoms. The molecule has 1 aliphatic carbocycles. The normalized spacial score (nSPS) is 18.7. The second-order valence-electron chi connectivity index (χ2n) is 3.98. The third-order valence-electron chi connectivity index (χ3n) is 3.01. The molecule has 0 saturated heterocycles. The zero-order valence-corrected chi connectivity index (χ0v) is 9.92. The molecule has 0 spiro atoms. The predicted molar refractivity (Wildman–Crippen MR) is 62.4 cm³/mol. The van der Waals surface area contributed by atoms with Gasteiger partial charge >= 0.3 is 0 Å². The first kappa shape index (κ1) is 9.97. The van der Waals surface area contributed by atoms with Crippen LogP contribution in [0.4, 0.5) is 5.69 Å². The number of nitrogens with one attached hydrogen (secondary N) is 1. The van der Waals surface area contributed by atoms with Crippen LogP contribution in [0.3, 0.4) is 0 Å². The van der Waals surface area contributed by atoms with Gasteiger partial charge in [-0.05, 0) is 47.7 Å². The van der Waals surface area contributed by atoms with Gasteiger partial charge in [-0.25, -0.2) is 0 Å². The second kappa shape index (κ2) is 4.30. The molecule has 1 unspecified atom stereocenters. The second-order valence-corrected chi connectivity index (χ2v) is 4.83. The lowest BCUT2D eigenvalue weighted by Gasteiger charge is -2.32. The summed E-state index contributed by atoms with van der Waals surface area (Å²) in [5, 5.41) is 3.53. The third kappa shape index (κ3) is 2.08. The highest BCUT2D eigenvalue weighted by Crippen LogP contribution is 2.32. The predicted octanol–water partition coefficient (Wildman–Crippen LogP) is 3.44. The molecule has 2 nitrogen and oxygen atoms in total. The van der Waals surface area contributed by atoms with Gasteiger partial charge < -0.3 is 5.32 Å². The number of halogens is 1. The molecule has 1 saturated carbocycles. The van der Waals surface area contributed by atoms with Gasteiger partial charge in [0.25, 0.3) is 0 Å². The van der Waals surface area contributed by atoms with Gasteiger partial charge in [-0.1, -0.05) is 6.42 Å². The summed E-state index contributed by atoms with van der Waals surface area (Å²) in [4.78, 5) is 4.04. The van der Waals surface area contributed by atoms with E-state index in [1.807, 2.05) is 18.5 Å². The van der Waals surface area contributed by atoms with Crippen molar-refractivity contribution >= 4 is 21.6 Å². The number of pyridine rings is 1. The molecule has 0 aliphatic heterocycles. The van der Waals surface area contributed by atoms with E-state index in [0.29, 0.717) is 6.04 Å². The van der Waals surface area contributed by atoms with Crippen LogP contribution in [0.1, 0.15) is 26.2 Å². The van der Waals surface area contributed by atoms with Crippen LogP contribution in [0.2, 0.25) is 0 Å². The first-order valence-electron chi connectivity index (χ1n) is 5.13. The molecule has 1 N–H and O–H groups in total. The van der Waals surface area contributed by atoms with E-state index in [4.69, 9.17) is 0 Å². The Morgan fingerprint density at radius 3 is 2.93 bits per heavy atom. The molecular weight excluding hydrogens is 240 g/mol. The summed E-state index contributed by atoms with van der Waals surface area (Å²) < 4.78 is 1.05. The minimum Gasteiger partial charge on any atom is -0.381 e. The molecule has 2 rings (SSSR count). The molecule has 0 amide bonds. The van der Waals surface area contributed by atoms with E-state index in [0.717, 1.165) is 16.1 Å². The Morgan fingerprint density at radius 2 is 2.36 bits per heavy atom. The first-order valence-corrected chi connectivity index (χ1v) is 5.92. The maximum absolute atomic E-state index is 4.04. The number of anilines is 1. The van der Waals surface area contributed by atoms with Crippen LogP contribution in [-0.4, -0.2) is 11.0 Å². The maximum Gasteiger partial charge on any atom is 0.0590 e. The molecule has 76 valence electrons. The van der Waals surface area contributed by atoms with E-state index < -0.39 is 0 Å². The quantitative estimate of drug-likeness (QED) is 0.894. The van der Waals surface area contributed by atoms with E-state index in [1.54, 1.807) is 0 Å². The van der Waals surface area contributed by atoms with Gasteiger partial charge in [-0.2, -0.15) is 0 Å². The summed E-state index contributed by atoms with van der Waals surface area (Å²) in [6.45, 7) is 2.26. The molecule has 1 aromatic rings. The Balaban J connectivity index is 1.99. The number of rotatable bonds is 3. The van der Waals surface area contributed by atoms with Crippen LogP contribution in [0.15, 0.2) is 22.9 Å². The Kier molecular flexibility index (Phi) is 3.06. The molecule has 1 heterocycles. The highest BCUT2D eigenvalue weighted by molar-refractivity contribution is 9.10. The van der Waals surface area contributed by atoms with Gasteiger partial charge in [0.1, 0.15) is 0 Å². The SMILES string of the molecule is CC(Nc1ccncc1Br)C1CCC1. The number of hydrogen-bond donors (Lipinski definition) is 1. The monoisotopic (exact) mass is 254 g/mol. The van der Waals surface area contributed by atoms with Crippen molar-refractivity contribution in [3.8, 4) is 0 Å². The number of nitrogens with zero attached hydrogens (tertiary/aromatic N) is 1. The average Bonchev–Trinajstić information content (AvgIpc) is 2.05. The minimum atomic E-state index is 0.572. The van der Waals surface area contributed by atoms with Crippen LogP contribution >= 0.6 is 15.9 Å². The fourth-order valence-electron chi connectivity index (χ4n) is 1.80. The molecule has 1 atom stereocenters. The summed E-state index contributed by atoms with van der Waals surface area (Å²) in [7, 11) is 0. The largest absolute Gasteiger partial charge is 0.381 e. The number of aromatic nitrogens is 1. The Bertz CT molecular complexity index is 310. The van der Waals surface area contributed by atoms with Gasteiger partial charge in [-0.15, -0.1) is 0 Å². The van der Waals surface area contributed by atoms with Crippen LogP contribution in [-0.2, 0) is 0 Å². The average molecular weight is 255 g/mol. The van der Waals surface area contributed by atoms with E-state index in [2.05, 4.69) is 33.2 Å². The Hall–Kier alpha value is -0.570. The van der Waals surface area contributed by atoms with Crippen molar-refractivity contribution in [2.75, 3.05) is 5.32 Å². The zero-order valence-electron chi connectivity index (χ0n) is 8.33. The lowest BCUT2D eigenvalue weighted by atomic mass is 9.80. The third-order valence-corrected chi connectivity index (χ3v) is 3.64. The molecular formula is C11H15BrN2. The summed E-state index contributed by atoms with van der Waals surface area (Å²) in [6.07, 6.45) is 7.79. The van der Waals surface area contributed by atoms with Crippen molar-refractivity contribution in [3.05, 3.63) is 22.9 Å². The molecule has 3 heteroatoms.